The molecule has 3 fully saturated rings. The number of carbonyl (C=O) groups excluding carboxylic acids is 3. The van der Waals surface area contributed by atoms with Crippen molar-refractivity contribution in [2.24, 2.45) is 11.8 Å². The van der Waals surface area contributed by atoms with Gasteiger partial charge in [-0.1, -0.05) is 25.0 Å². The Bertz CT molecular complexity index is 925. The van der Waals surface area contributed by atoms with Crippen LogP contribution < -0.4 is 0 Å². The Labute approximate surface area is 179 Å². The van der Waals surface area contributed by atoms with Crippen molar-refractivity contribution in [3.05, 3.63) is 29.3 Å². The fourth-order valence-corrected chi connectivity index (χ4v) is 5.97. The highest BCUT2D eigenvalue weighted by Crippen LogP contribution is 2.37. The van der Waals surface area contributed by atoms with E-state index in [1.165, 1.54) is 9.60 Å². The van der Waals surface area contributed by atoms with Crippen molar-refractivity contribution in [3.63, 3.8) is 0 Å². The van der Waals surface area contributed by atoms with E-state index in [4.69, 9.17) is 4.98 Å². The Hall–Kier alpha value is -2.32. The molecule has 0 spiro atoms. The third-order valence-corrected chi connectivity index (χ3v) is 7.67. The summed E-state index contributed by atoms with van der Waals surface area (Å²) in [6.45, 7) is 3.47. The highest BCUT2D eigenvalue weighted by molar-refractivity contribution is 7.18. The number of aromatic nitrogens is 1. The zero-order chi connectivity index (χ0) is 20.7. The molecule has 0 radical (unpaired) electrons. The summed E-state index contributed by atoms with van der Waals surface area (Å²) >= 11 is 1.71. The fraction of sp³-hybridized carbons (Fsp3) is 0.545. The zero-order valence-electron chi connectivity index (χ0n) is 17.0. The van der Waals surface area contributed by atoms with Gasteiger partial charge in [-0.05, 0) is 25.0 Å². The minimum absolute atomic E-state index is 0.0947. The Morgan fingerprint density at radius 3 is 2.33 bits per heavy atom. The van der Waals surface area contributed by atoms with Crippen LogP contribution in [-0.4, -0.2) is 70.1 Å². The van der Waals surface area contributed by atoms with Crippen LogP contribution in [0.2, 0.25) is 0 Å². The van der Waals surface area contributed by atoms with Gasteiger partial charge in [0.15, 0.2) is 0 Å². The maximum Gasteiger partial charge on any atom is 0.242 e. The summed E-state index contributed by atoms with van der Waals surface area (Å²) in [6.07, 6.45) is 3.56. The van der Waals surface area contributed by atoms with Crippen molar-refractivity contribution in [2.75, 3.05) is 32.7 Å². The first-order valence-electron chi connectivity index (χ1n) is 10.8. The van der Waals surface area contributed by atoms with Gasteiger partial charge in [0.1, 0.15) is 11.6 Å². The van der Waals surface area contributed by atoms with Crippen LogP contribution in [0.25, 0.3) is 10.2 Å². The predicted octanol–water partition coefficient (Wildman–Crippen LogP) is 2.12. The number of fused-ring (bicyclic) bond motifs is 2. The van der Waals surface area contributed by atoms with Gasteiger partial charge >= 0.3 is 0 Å². The molecule has 1 aromatic carbocycles. The van der Waals surface area contributed by atoms with E-state index in [0.717, 1.165) is 55.8 Å². The summed E-state index contributed by atoms with van der Waals surface area (Å²) < 4.78 is 1.20. The van der Waals surface area contributed by atoms with Gasteiger partial charge in [-0.15, -0.1) is 11.3 Å². The van der Waals surface area contributed by atoms with Crippen LogP contribution in [0.5, 0.6) is 0 Å². The topological polar surface area (TPSA) is 73.8 Å². The lowest BCUT2D eigenvalue weighted by Crippen LogP contribution is -2.51. The maximum absolute atomic E-state index is 12.8. The van der Waals surface area contributed by atoms with Crippen LogP contribution in [0.4, 0.5) is 0 Å². The number of piperazine rings is 1. The van der Waals surface area contributed by atoms with E-state index in [0.29, 0.717) is 13.1 Å². The van der Waals surface area contributed by atoms with Gasteiger partial charge in [0.2, 0.25) is 17.7 Å². The van der Waals surface area contributed by atoms with Gasteiger partial charge in [-0.25, -0.2) is 4.98 Å². The highest BCUT2D eigenvalue weighted by atomic mass is 32.1. The van der Waals surface area contributed by atoms with Crippen LogP contribution in [0.15, 0.2) is 24.3 Å². The summed E-state index contributed by atoms with van der Waals surface area (Å²) in [5.41, 5.74) is 1.03. The summed E-state index contributed by atoms with van der Waals surface area (Å²) in [5.74, 6) is -0.760. The number of benzene rings is 1. The van der Waals surface area contributed by atoms with Crippen molar-refractivity contribution < 1.29 is 14.4 Å². The smallest absolute Gasteiger partial charge is 0.242 e. The van der Waals surface area contributed by atoms with Crippen molar-refractivity contribution in [2.45, 2.75) is 32.2 Å². The molecule has 2 unspecified atom stereocenters. The molecule has 1 aromatic heterocycles. The number of rotatable bonds is 4. The van der Waals surface area contributed by atoms with Gasteiger partial charge in [0.05, 0.1) is 28.6 Å². The van der Waals surface area contributed by atoms with E-state index in [2.05, 4.69) is 11.0 Å². The molecule has 7 nitrogen and oxygen atoms in total. The number of thiazole rings is 1. The van der Waals surface area contributed by atoms with Crippen molar-refractivity contribution in [1.82, 2.24) is 19.7 Å². The Kier molecular flexibility index (Phi) is 5.28. The zero-order valence-corrected chi connectivity index (χ0v) is 17.8. The number of hydrogen-bond acceptors (Lipinski definition) is 6. The number of nitrogens with zero attached hydrogens (tertiary/aromatic N) is 4. The lowest BCUT2D eigenvalue weighted by Gasteiger charge is -2.34. The van der Waals surface area contributed by atoms with E-state index in [-0.39, 0.29) is 36.1 Å². The number of carbonyl (C=O) groups is 3. The highest BCUT2D eigenvalue weighted by Gasteiger charge is 2.48. The van der Waals surface area contributed by atoms with Crippen LogP contribution in [0, 0.1) is 11.8 Å². The number of hydrogen-bond donors (Lipinski definition) is 0. The first-order valence-corrected chi connectivity index (χ1v) is 11.6. The molecule has 3 amide bonds. The minimum atomic E-state index is -0.190. The second-order valence-electron chi connectivity index (χ2n) is 8.49. The average Bonchev–Trinajstić information content (AvgIpc) is 3.28. The molecule has 5 rings (SSSR count). The van der Waals surface area contributed by atoms with Crippen LogP contribution >= 0.6 is 11.3 Å². The lowest BCUT2D eigenvalue weighted by molar-refractivity contribution is -0.147. The van der Waals surface area contributed by atoms with Crippen LogP contribution in [0.3, 0.4) is 0 Å². The number of imide groups is 1. The van der Waals surface area contributed by atoms with Crippen LogP contribution in [-0.2, 0) is 20.9 Å². The Balaban J connectivity index is 1.15. The molecule has 2 aromatic rings. The molecule has 3 aliphatic rings. The largest absolute Gasteiger partial charge is 0.339 e. The summed E-state index contributed by atoms with van der Waals surface area (Å²) in [6, 6.07) is 8.15. The Morgan fingerprint density at radius 1 is 1.00 bits per heavy atom. The standard InChI is InChI=1S/C22H26N4O3S/c27-20(14-26-21(28)15-5-1-2-6-16(15)22(26)29)25-11-9-24(10-12-25)13-19-23-17-7-3-4-8-18(17)30-19/h3-4,7-8,15-16H,1-2,5-6,9-14H2. The lowest BCUT2D eigenvalue weighted by atomic mass is 9.81. The molecule has 1 aliphatic carbocycles. The molecule has 3 heterocycles. The molecule has 158 valence electrons. The second-order valence-corrected chi connectivity index (χ2v) is 9.61. The monoisotopic (exact) mass is 426 g/mol. The van der Waals surface area contributed by atoms with Gasteiger partial charge in [0, 0.05) is 26.2 Å². The average molecular weight is 427 g/mol. The molecule has 1 saturated carbocycles. The second kappa shape index (κ2) is 8.07. The molecule has 30 heavy (non-hydrogen) atoms. The van der Waals surface area contributed by atoms with E-state index >= 15 is 0 Å². The molecule has 2 atom stereocenters. The number of para-hydroxylation sites is 1. The molecule has 2 aliphatic heterocycles. The third kappa shape index (κ3) is 3.63. The van der Waals surface area contributed by atoms with Gasteiger partial charge < -0.3 is 4.90 Å². The molecule has 0 N–H and O–H groups in total. The number of likely N-dealkylation sites (tertiary alicyclic amines) is 1. The quantitative estimate of drug-likeness (QED) is 0.700. The van der Waals surface area contributed by atoms with E-state index in [9.17, 15) is 14.4 Å². The molecule has 2 saturated heterocycles. The first kappa shape index (κ1) is 19.6. The summed E-state index contributed by atoms with van der Waals surface area (Å²) in [4.78, 5) is 48.0. The first-order chi connectivity index (χ1) is 14.6. The van der Waals surface area contributed by atoms with Gasteiger partial charge in [-0.3, -0.25) is 24.2 Å². The van der Waals surface area contributed by atoms with E-state index < -0.39 is 0 Å². The van der Waals surface area contributed by atoms with E-state index in [1.807, 2.05) is 18.2 Å². The predicted molar refractivity (Wildman–Crippen MR) is 114 cm³/mol. The summed E-state index contributed by atoms with van der Waals surface area (Å²) in [7, 11) is 0. The van der Waals surface area contributed by atoms with Crippen molar-refractivity contribution >= 4 is 39.3 Å². The normalized spacial score (nSPS) is 25.2. The van der Waals surface area contributed by atoms with Crippen LogP contribution in [0.1, 0.15) is 30.7 Å². The number of amides is 3. The maximum atomic E-state index is 12.8. The van der Waals surface area contributed by atoms with Crippen molar-refractivity contribution in [3.8, 4) is 0 Å². The fourth-order valence-electron chi connectivity index (χ4n) is 4.96. The third-order valence-electron chi connectivity index (χ3n) is 6.65. The van der Waals surface area contributed by atoms with Gasteiger partial charge in [0.25, 0.3) is 0 Å². The molecule has 8 heteroatoms. The molecular formula is C22H26N4O3S. The minimum Gasteiger partial charge on any atom is -0.339 e. The van der Waals surface area contributed by atoms with E-state index in [1.54, 1.807) is 16.2 Å². The molecule has 0 bridgehead atoms. The Morgan fingerprint density at radius 2 is 1.67 bits per heavy atom. The van der Waals surface area contributed by atoms with Crippen molar-refractivity contribution in [1.29, 1.82) is 0 Å². The van der Waals surface area contributed by atoms with Gasteiger partial charge in [-0.2, -0.15) is 0 Å². The summed E-state index contributed by atoms with van der Waals surface area (Å²) in [5, 5.41) is 1.09. The molecular weight excluding hydrogens is 400 g/mol. The SMILES string of the molecule is O=C(CN1C(=O)C2CCCCC2C1=O)N1CCN(Cc2nc3ccccc3s2)CC1.